The molecule has 0 radical (unpaired) electrons. The number of fused-ring (bicyclic) bond motifs is 1. The van der Waals surface area contributed by atoms with Crippen LogP contribution in [0.5, 0.6) is 11.5 Å². The Balaban J connectivity index is 1.29. The van der Waals surface area contributed by atoms with Crippen LogP contribution in [0.2, 0.25) is 0 Å². The number of ether oxygens (including phenoxy) is 5. The third kappa shape index (κ3) is 9.25. The summed E-state index contributed by atoms with van der Waals surface area (Å²) in [6.07, 6.45) is 0.753. The number of aromatic nitrogens is 1. The van der Waals surface area contributed by atoms with E-state index >= 15 is 0 Å². The van der Waals surface area contributed by atoms with Crippen LogP contribution in [-0.2, 0) is 38.6 Å². The second kappa shape index (κ2) is 15.0. The summed E-state index contributed by atoms with van der Waals surface area (Å²) in [5.41, 5.74) is 4.91. The van der Waals surface area contributed by atoms with Gasteiger partial charge in [0.05, 0.1) is 31.4 Å². The fraction of sp³-hybridized carbons (Fsp3) is 0.553. The third-order valence-corrected chi connectivity index (χ3v) is 9.35. The van der Waals surface area contributed by atoms with Crippen LogP contribution in [0.4, 0.5) is 9.93 Å². The lowest BCUT2D eigenvalue weighted by molar-refractivity contribution is -0.166. The van der Waals surface area contributed by atoms with Crippen LogP contribution >= 0.6 is 11.3 Å². The van der Waals surface area contributed by atoms with Gasteiger partial charge in [0.2, 0.25) is 0 Å². The first-order valence-corrected chi connectivity index (χ1v) is 18.0. The quantitative estimate of drug-likeness (QED) is 0.210. The molecule has 1 saturated heterocycles. The second-order valence-electron chi connectivity index (χ2n) is 14.8. The van der Waals surface area contributed by atoms with Crippen molar-refractivity contribution in [2.75, 3.05) is 38.3 Å². The van der Waals surface area contributed by atoms with E-state index in [2.05, 4.69) is 29.3 Å². The number of thiazole rings is 1. The van der Waals surface area contributed by atoms with Crippen LogP contribution in [0.25, 0.3) is 11.3 Å². The maximum absolute atomic E-state index is 13.0. The molecule has 5 rings (SSSR count). The average molecular weight is 694 g/mol. The van der Waals surface area contributed by atoms with Crippen LogP contribution in [0.15, 0.2) is 35.7 Å². The Morgan fingerprint density at radius 2 is 1.76 bits per heavy atom. The fourth-order valence-electron chi connectivity index (χ4n) is 6.23. The lowest BCUT2D eigenvalue weighted by Gasteiger charge is -2.38. The number of methoxy groups -OCH3 is 1. The molecule has 2 aromatic carbocycles. The normalized spacial score (nSPS) is 18.1. The van der Waals surface area contributed by atoms with Crippen LogP contribution in [-0.4, -0.2) is 72.6 Å². The number of anilines is 1. The molecule has 11 heteroatoms. The molecule has 49 heavy (non-hydrogen) atoms. The number of rotatable bonds is 9. The highest BCUT2D eigenvalue weighted by Gasteiger charge is 2.38. The Morgan fingerprint density at radius 3 is 2.45 bits per heavy atom. The molecular weight excluding hydrogens is 642 g/mol. The minimum atomic E-state index is -0.551. The number of esters is 1. The monoisotopic (exact) mass is 693 g/mol. The summed E-state index contributed by atoms with van der Waals surface area (Å²) >= 11 is 1.58. The number of carbonyl (C=O) groups excluding carboxylic acids is 2. The smallest absolute Gasteiger partial charge is 0.410 e. The van der Waals surface area contributed by atoms with Crippen molar-refractivity contribution in [2.45, 2.75) is 98.7 Å². The number of hydrogen-bond acceptors (Lipinski definition) is 10. The van der Waals surface area contributed by atoms with E-state index in [1.807, 2.05) is 66.7 Å². The fourth-order valence-corrected chi connectivity index (χ4v) is 7.09. The first-order chi connectivity index (χ1) is 23.1. The zero-order chi connectivity index (χ0) is 35.5. The summed E-state index contributed by atoms with van der Waals surface area (Å²) in [5, 5.41) is 2.94. The van der Waals surface area contributed by atoms with E-state index in [9.17, 15) is 9.59 Å². The summed E-state index contributed by atoms with van der Waals surface area (Å²) in [6.45, 7) is 18.4. The van der Waals surface area contributed by atoms with Gasteiger partial charge in [-0.3, -0.25) is 4.79 Å². The van der Waals surface area contributed by atoms with E-state index in [0.717, 1.165) is 50.1 Å². The Hall–Kier alpha value is -3.83. The predicted molar refractivity (Wildman–Crippen MR) is 192 cm³/mol. The minimum absolute atomic E-state index is 0.203. The molecular formula is C38H51N3O7S. The minimum Gasteiger partial charge on any atom is -0.496 e. The van der Waals surface area contributed by atoms with Crippen LogP contribution in [0.3, 0.4) is 0 Å². The number of benzene rings is 2. The van der Waals surface area contributed by atoms with Gasteiger partial charge >= 0.3 is 12.1 Å². The number of piperidine rings is 1. The molecule has 0 bridgehead atoms. The Kier molecular flexibility index (Phi) is 11.1. The van der Waals surface area contributed by atoms with Crippen molar-refractivity contribution in [3.05, 3.63) is 58.0 Å². The maximum atomic E-state index is 13.0. The summed E-state index contributed by atoms with van der Waals surface area (Å²) in [4.78, 5) is 34.7. The molecule has 3 heterocycles. The van der Waals surface area contributed by atoms with Gasteiger partial charge in [-0.05, 0) is 97.6 Å². The number of nitrogens with zero attached hydrogens (tertiary/aromatic N) is 3. The van der Waals surface area contributed by atoms with E-state index in [1.54, 1.807) is 23.3 Å². The highest BCUT2D eigenvalue weighted by molar-refractivity contribution is 7.14. The maximum Gasteiger partial charge on any atom is 0.410 e. The van der Waals surface area contributed by atoms with Gasteiger partial charge in [0.1, 0.15) is 29.3 Å². The van der Waals surface area contributed by atoms with Gasteiger partial charge in [0, 0.05) is 42.7 Å². The zero-order valence-corrected chi connectivity index (χ0v) is 31.2. The van der Waals surface area contributed by atoms with Gasteiger partial charge in [-0.2, -0.15) is 0 Å². The molecule has 0 saturated carbocycles. The molecule has 0 N–H and O–H groups in total. The molecule has 10 nitrogen and oxygen atoms in total. The van der Waals surface area contributed by atoms with E-state index in [1.165, 1.54) is 0 Å². The Bertz CT molecular complexity index is 1620. The van der Waals surface area contributed by atoms with Gasteiger partial charge in [-0.15, -0.1) is 11.3 Å². The molecule has 1 amide bonds. The highest BCUT2D eigenvalue weighted by atomic mass is 32.1. The topological polar surface area (TPSA) is 99.7 Å². The van der Waals surface area contributed by atoms with Crippen LogP contribution < -0.4 is 14.4 Å². The zero-order valence-electron chi connectivity index (χ0n) is 30.4. The van der Waals surface area contributed by atoms with E-state index in [4.69, 9.17) is 28.7 Å². The molecule has 2 aliphatic heterocycles. The van der Waals surface area contributed by atoms with Gasteiger partial charge in [-0.1, -0.05) is 17.7 Å². The molecule has 1 fully saturated rings. The van der Waals surface area contributed by atoms with Crippen molar-refractivity contribution < 1.29 is 33.3 Å². The number of amides is 1. The molecule has 2 atom stereocenters. The van der Waals surface area contributed by atoms with Crippen LogP contribution in [0.1, 0.15) is 77.1 Å². The summed E-state index contributed by atoms with van der Waals surface area (Å²) < 4.78 is 29.6. The van der Waals surface area contributed by atoms with Crippen molar-refractivity contribution in [1.29, 1.82) is 0 Å². The molecule has 2 aliphatic rings. The van der Waals surface area contributed by atoms with Gasteiger partial charge in [-0.25, -0.2) is 9.78 Å². The van der Waals surface area contributed by atoms with Gasteiger partial charge in [0.25, 0.3) is 0 Å². The predicted octanol–water partition coefficient (Wildman–Crippen LogP) is 7.57. The lowest BCUT2D eigenvalue weighted by atomic mass is 9.93. The van der Waals surface area contributed by atoms with Crippen molar-refractivity contribution in [3.8, 4) is 22.8 Å². The number of carbonyl (C=O) groups is 2. The molecule has 1 aromatic heterocycles. The Morgan fingerprint density at radius 1 is 1.00 bits per heavy atom. The molecule has 3 aromatic rings. The Labute approximate surface area is 294 Å². The van der Waals surface area contributed by atoms with Crippen LogP contribution in [0, 0.1) is 12.8 Å². The largest absolute Gasteiger partial charge is 0.496 e. The third-order valence-electron chi connectivity index (χ3n) is 8.45. The van der Waals surface area contributed by atoms with Gasteiger partial charge in [0.15, 0.2) is 5.13 Å². The average Bonchev–Trinajstić information content (AvgIpc) is 3.52. The molecule has 0 spiro atoms. The van der Waals surface area contributed by atoms with E-state index in [0.29, 0.717) is 52.2 Å². The standard InChI is InChI=1S/C38H51N3O7S/c1-10-45-33-21-40(16-14-27(33)34(42)47-37(3,4)5)35-39-30(23-49-35)28-17-24(2)11-12-31(28)46-22-25-18-26-13-15-41(36(43)48-38(6,7)8)20-29(26)32(19-25)44-9/h11-12,17-19,23,27,33H,10,13-16,20-22H2,1-9H3/t27-,33+/m0/s1. The number of hydrogen-bond donors (Lipinski definition) is 0. The first kappa shape index (κ1) is 36.5. The lowest BCUT2D eigenvalue weighted by Crippen LogP contribution is -2.49. The first-order valence-electron chi connectivity index (χ1n) is 17.1. The summed E-state index contributed by atoms with van der Waals surface area (Å²) in [7, 11) is 1.65. The van der Waals surface area contributed by atoms with Crippen molar-refractivity contribution >= 4 is 28.5 Å². The van der Waals surface area contributed by atoms with Crippen molar-refractivity contribution in [3.63, 3.8) is 0 Å². The summed E-state index contributed by atoms with van der Waals surface area (Å²) in [5.74, 6) is 0.966. The molecule has 266 valence electrons. The van der Waals surface area contributed by atoms with Crippen molar-refractivity contribution in [2.24, 2.45) is 5.92 Å². The van der Waals surface area contributed by atoms with Gasteiger partial charge < -0.3 is 33.5 Å². The summed E-state index contributed by atoms with van der Waals surface area (Å²) in [6, 6.07) is 10.3. The van der Waals surface area contributed by atoms with Crippen molar-refractivity contribution in [1.82, 2.24) is 9.88 Å². The molecule has 0 aliphatic carbocycles. The van der Waals surface area contributed by atoms with E-state index < -0.39 is 11.2 Å². The second-order valence-corrected chi connectivity index (χ2v) is 15.6. The van der Waals surface area contributed by atoms with E-state index in [-0.39, 0.29) is 24.1 Å². The molecule has 0 unspecified atom stereocenters. The SMILES string of the molecule is CCO[C@@H]1CN(c2nc(-c3cc(C)ccc3OCc3cc4c(c(OC)c3)CN(C(=O)OC(C)(C)C)CC4)cs2)CC[C@@H]1C(=O)OC(C)(C)C. The highest BCUT2D eigenvalue weighted by Crippen LogP contribution is 2.37. The number of aryl methyl sites for hydroxylation is 1.